The molecule has 2 amide bonds. The first-order valence-corrected chi connectivity index (χ1v) is 9.24. The van der Waals surface area contributed by atoms with Crippen molar-refractivity contribution in [2.45, 2.75) is 31.8 Å². The number of aliphatic carboxylic acids is 1. The van der Waals surface area contributed by atoms with Crippen molar-refractivity contribution in [1.82, 2.24) is 10.2 Å². The van der Waals surface area contributed by atoms with Crippen LogP contribution >= 0.6 is 0 Å². The molecular weight excluding hydrogens is 363 g/mol. The number of carboxylic acids is 1. The van der Waals surface area contributed by atoms with Crippen LogP contribution in [0.3, 0.4) is 0 Å². The second kappa shape index (κ2) is 9.21. The van der Waals surface area contributed by atoms with Crippen molar-refractivity contribution in [1.29, 1.82) is 0 Å². The topological polar surface area (TPSA) is 78.9 Å². The van der Waals surface area contributed by atoms with Crippen LogP contribution in [0.2, 0.25) is 0 Å². The zero-order chi connectivity index (χ0) is 19.9. The molecule has 0 saturated carbocycles. The Kier molecular flexibility index (Phi) is 6.47. The van der Waals surface area contributed by atoms with E-state index in [2.05, 4.69) is 5.32 Å². The smallest absolute Gasteiger partial charge is 0.318 e. The van der Waals surface area contributed by atoms with Crippen molar-refractivity contribution in [3.63, 3.8) is 0 Å². The number of benzene rings is 2. The minimum Gasteiger partial charge on any atom is -0.491 e. The molecule has 1 aliphatic heterocycles. The highest BCUT2D eigenvalue weighted by molar-refractivity contribution is 5.75. The average Bonchev–Trinajstić information content (AvgIpc) is 2.90. The summed E-state index contributed by atoms with van der Waals surface area (Å²) in [6.45, 7) is 0.685. The predicted molar refractivity (Wildman–Crippen MR) is 102 cm³/mol. The first-order chi connectivity index (χ1) is 13.5. The SMILES string of the molecule is O=C(O)CCC(Cc1ccccc1)NC(=O)N1CCOc2cccc(F)c2C1. The monoisotopic (exact) mass is 386 g/mol. The van der Waals surface area contributed by atoms with Gasteiger partial charge in [-0.1, -0.05) is 36.4 Å². The van der Waals surface area contributed by atoms with Crippen molar-refractivity contribution in [3.8, 4) is 5.75 Å². The number of nitrogens with one attached hydrogen (secondary N) is 1. The molecule has 7 heteroatoms. The standard InChI is InChI=1S/C21H23FN2O4/c22-18-7-4-8-19-17(18)14-24(11-12-28-19)21(27)23-16(9-10-20(25)26)13-15-5-2-1-3-6-15/h1-8,16H,9-14H2,(H,23,27)(H,25,26). The summed E-state index contributed by atoms with van der Waals surface area (Å²) in [5, 5.41) is 11.9. The summed E-state index contributed by atoms with van der Waals surface area (Å²) >= 11 is 0. The molecule has 1 heterocycles. The first-order valence-electron chi connectivity index (χ1n) is 9.24. The van der Waals surface area contributed by atoms with Crippen molar-refractivity contribution >= 4 is 12.0 Å². The normalized spacial score (nSPS) is 14.4. The number of nitrogens with zero attached hydrogens (tertiary/aromatic N) is 1. The van der Waals surface area contributed by atoms with Crippen LogP contribution < -0.4 is 10.1 Å². The number of carbonyl (C=O) groups is 2. The van der Waals surface area contributed by atoms with Gasteiger partial charge in [-0.05, 0) is 30.5 Å². The van der Waals surface area contributed by atoms with Gasteiger partial charge in [-0.25, -0.2) is 9.18 Å². The number of rotatable bonds is 6. The molecule has 1 aliphatic rings. The Labute approximate surface area is 162 Å². The molecule has 148 valence electrons. The largest absolute Gasteiger partial charge is 0.491 e. The van der Waals surface area contributed by atoms with E-state index < -0.39 is 11.8 Å². The molecule has 1 unspecified atom stereocenters. The first kappa shape index (κ1) is 19.7. The molecule has 3 rings (SSSR count). The second-order valence-electron chi connectivity index (χ2n) is 6.76. The Bertz CT molecular complexity index is 828. The zero-order valence-electron chi connectivity index (χ0n) is 15.4. The van der Waals surface area contributed by atoms with Crippen molar-refractivity contribution in [2.75, 3.05) is 13.2 Å². The van der Waals surface area contributed by atoms with Crippen LogP contribution in [0, 0.1) is 5.82 Å². The molecule has 0 aromatic heterocycles. The number of urea groups is 1. The van der Waals surface area contributed by atoms with Gasteiger partial charge < -0.3 is 20.1 Å². The Hall–Kier alpha value is -3.09. The molecule has 1 atom stereocenters. The van der Waals surface area contributed by atoms with Gasteiger partial charge in [0.25, 0.3) is 0 Å². The molecular formula is C21H23FN2O4. The van der Waals surface area contributed by atoms with Gasteiger partial charge in [0, 0.05) is 18.0 Å². The van der Waals surface area contributed by atoms with Crippen LogP contribution in [-0.4, -0.2) is 41.2 Å². The van der Waals surface area contributed by atoms with Gasteiger partial charge in [-0.3, -0.25) is 4.79 Å². The van der Waals surface area contributed by atoms with Gasteiger partial charge in [0.15, 0.2) is 0 Å². The minimum absolute atomic E-state index is 0.0433. The summed E-state index contributed by atoms with van der Waals surface area (Å²) in [7, 11) is 0. The van der Waals surface area contributed by atoms with E-state index in [4.69, 9.17) is 9.84 Å². The number of hydrogen-bond acceptors (Lipinski definition) is 3. The molecule has 0 bridgehead atoms. The fraction of sp³-hybridized carbons (Fsp3) is 0.333. The lowest BCUT2D eigenvalue weighted by Gasteiger charge is -2.25. The van der Waals surface area contributed by atoms with Gasteiger partial charge in [-0.2, -0.15) is 0 Å². The summed E-state index contributed by atoms with van der Waals surface area (Å²) < 4.78 is 19.7. The number of amides is 2. The number of ether oxygens (including phenoxy) is 1. The summed E-state index contributed by atoms with van der Waals surface area (Å²) in [6, 6.07) is 13.5. The zero-order valence-corrected chi connectivity index (χ0v) is 15.4. The molecule has 0 saturated heterocycles. The van der Waals surface area contributed by atoms with Crippen molar-refractivity contribution in [3.05, 3.63) is 65.5 Å². The van der Waals surface area contributed by atoms with Crippen LogP contribution in [0.1, 0.15) is 24.0 Å². The van der Waals surface area contributed by atoms with E-state index in [9.17, 15) is 14.0 Å². The highest BCUT2D eigenvalue weighted by Crippen LogP contribution is 2.25. The number of carbonyl (C=O) groups excluding carboxylic acids is 1. The highest BCUT2D eigenvalue weighted by atomic mass is 19.1. The van der Waals surface area contributed by atoms with Crippen LogP contribution in [-0.2, 0) is 17.8 Å². The van der Waals surface area contributed by atoms with E-state index in [0.29, 0.717) is 30.7 Å². The van der Waals surface area contributed by atoms with E-state index in [1.165, 1.54) is 11.0 Å². The Morgan fingerprint density at radius 2 is 1.96 bits per heavy atom. The second-order valence-corrected chi connectivity index (χ2v) is 6.76. The van der Waals surface area contributed by atoms with Gasteiger partial charge in [-0.15, -0.1) is 0 Å². The quantitative estimate of drug-likeness (QED) is 0.799. The molecule has 28 heavy (non-hydrogen) atoms. The fourth-order valence-corrected chi connectivity index (χ4v) is 3.22. The lowest BCUT2D eigenvalue weighted by Crippen LogP contribution is -2.46. The van der Waals surface area contributed by atoms with Crippen LogP contribution in [0.4, 0.5) is 9.18 Å². The summed E-state index contributed by atoms with van der Waals surface area (Å²) in [5.74, 6) is -0.877. The molecule has 2 aromatic rings. The molecule has 2 N–H and O–H groups in total. The minimum atomic E-state index is -0.911. The Morgan fingerprint density at radius 3 is 2.71 bits per heavy atom. The summed E-state index contributed by atoms with van der Waals surface area (Å²) in [6.07, 6.45) is 0.790. The third kappa shape index (κ3) is 5.22. The molecule has 2 aromatic carbocycles. The Balaban J connectivity index is 1.69. The summed E-state index contributed by atoms with van der Waals surface area (Å²) in [4.78, 5) is 25.3. The van der Waals surface area contributed by atoms with Gasteiger partial charge in [0.05, 0.1) is 13.1 Å². The van der Waals surface area contributed by atoms with E-state index >= 15 is 0 Å². The molecule has 0 fully saturated rings. The number of hydrogen-bond donors (Lipinski definition) is 2. The summed E-state index contributed by atoms with van der Waals surface area (Å²) in [5.41, 5.74) is 1.36. The lowest BCUT2D eigenvalue weighted by molar-refractivity contribution is -0.137. The van der Waals surface area contributed by atoms with Crippen LogP contribution in [0.5, 0.6) is 5.75 Å². The van der Waals surface area contributed by atoms with E-state index in [1.54, 1.807) is 12.1 Å². The van der Waals surface area contributed by atoms with E-state index in [1.807, 2.05) is 30.3 Å². The molecule has 6 nitrogen and oxygen atoms in total. The number of halogens is 1. The maximum Gasteiger partial charge on any atom is 0.318 e. The van der Waals surface area contributed by atoms with Crippen molar-refractivity contribution < 1.29 is 23.8 Å². The van der Waals surface area contributed by atoms with E-state index in [-0.39, 0.29) is 31.6 Å². The average molecular weight is 386 g/mol. The third-order valence-electron chi connectivity index (χ3n) is 4.69. The molecule has 0 aliphatic carbocycles. The highest BCUT2D eigenvalue weighted by Gasteiger charge is 2.24. The fourth-order valence-electron chi connectivity index (χ4n) is 3.22. The maximum absolute atomic E-state index is 14.1. The van der Waals surface area contributed by atoms with Gasteiger partial charge in [0.2, 0.25) is 0 Å². The van der Waals surface area contributed by atoms with E-state index in [0.717, 1.165) is 5.56 Å². The van der Waals surface area contributed by atoms with Gasteiger partial charge >= 0.3 is 12.0 Å². The number of fused-ring (bicyclic) bond motifs is 1. The molecule has 0 radical (unpaired) electrons. The lowest BCUT2D eigenvalue weighted by atomic mass is 10.0. The number of carboxylic acid groups (broad SMARTS) is 1. The Morgan fingerprint density at radius 1 is 1.18 bits per heavy atom. The third-order valence-corrected chi connectivity index (χ3v) is 4.69. The van der Waals surface area contributed by atoms with Crippen LogP contribution in [0.25, 0.3) is 0 Å². The maximum atomic E-state index is 14.1. The predicted octanol–water partition coefficient (Wildman–Crippen LogP) is 3.21. The van der Waals surface area contributed by atoms with Gasteiger partial charge in [0.1, 0.15) is 18.2 Å². The van der Waals surface area contributed by atoms with Crippen LogP contribution in [0.15, 0.2) is 48.5 Å². The van der Waals surface area contributed by atoms with Crippen molar-refractivity contribution in [2.24, 2.45) is 0 Å². The molecule has 0 spiro atoms.